The number of amides is 1. The van der Waals surface area contributed by atoms with E-state index in [1.54, 1.807) is 0 Å². The van der Waals surface area contributed by atoms with Crippen LogP contribution in [0.25, 0.3) is 10.9 Å². The van der Waals surface area contributed by atoms with Crippen molar-refractivity contribution in [3.63, 3.8) is 0 Å². The number of carbonyl (C=O) groups excluding carboxylic acids is 2. The summed E-state index contributed by atoms with van der Waals surface area (Å²) >= 11 is 0. The van der Waals surface area contributed by atoms with Crippen molar-refractivity contribution in [1.82, 2.24) is 9.47 Å². The number of carbonyl (C=O) groups is 2. The van der Waals surface area contributed by atoms with Gasteiger partial charge in [-0.2, -0.15) is 0 Å². The number of aryl methyl sites for hydroxylation is 2. The number of rotatable bonds is 8. The molecule has 2 aromatic carbocycles. The lowest BCUT2D eigenvalue weighted by atomic mass is 9.99. The number of Topliss-reactive ketones (excluding diaryl/α,β-unsaturated/α-hetero) is 1. The monoisotopic (exact) mass is 433 g/mol. The van der Waals surface area contributed by atoms with Gasteiger partial charge in [0, 0.05) is 67.4 Å². The van der Waals surface area contributed by atoms with Gasteiger partial charge in [-0.05, 0) is 49.7 Å². The van der Waals surface area contributed by atoms with Gasteiger partial charge in [0.2, 0.25) is 5.91 Å². The molecule has 6 nitrogen and oxygen atoms in total. The summed E-state index contributed by atoms with van der Waals surface area (Å²) < 4.78 is 7.66. The molecule has 0 saturated carbocycles. The molecule has 1 amide bonds. The Kier molecular flexibility index (Phi) is 7.02. The summed E-state index contributed by atoms with van der Waals surface area (Å²) in [4.78, 5) is 27.4. The van der Waals surface area contributed by atoms with E-state index in [9.17, 15) is 9.59 Å². The summed E-state index contributed by atoms with van der Waals surface area (Å²) in [5.41, 5.74) is 4.62. The van der Waals surface area contributed by atoms with Crippen LogP contribution in [-0.2, 0) is 16.1 Å². The van der Waals surface area contributed by atoms with Crippen molar-refractivity contribution in [2.24, 2.45) is 0 Å². The minimum absolute atomic E-state index is 0.00847. The van der Waals surface area contributed by atoms with Crippen LogP contribution in [0.3, 0.4) is 0 Å². The Bertz CT molecular complexity index is 1110. The van der Waals surface area contributed by atoms with Crippen LogP contribution in [0.2, 0.25) is 0 Å². The first-order valence-corrected chi connectivity index (χ1v) is 11.3. The largest absolute Gasteiger partial charge is 0.379 e. The number of ketones is 1. The maximum Gasteiger partial charge on any atom is 0.224 e. The van der Waals surface area contributed by atoms with Crippen molar-refractivity contribution >= 4 is 28.3 Å². The van der Waals surface area contributed by atoms with Gasteiger partial charge in [-0.1, -0.05) is 17.7 Å². The van der Waals surface area contributed by atoms with Crippen molar-refractivity contribution < 1.29 is 14.3 Å². The fourth-order valence-electron chi connectivity index (χ4n) is 4.17. The zero-order valence-electron chi connectivity index (χ0n) is 18.9. The molecular formula is C26H31N3O3. The number of nitrogens with zero attached hydrogens (tertiary/aromatic N) is 2. The average Bonchev–Trinajstić information content (AvgIpc) is 3.20. The van der Waals surface area contributed by atoms with Gasteiger partial charge in [0.1, 0.15) is 0 Å². The van der Waals surface area contributed by atoms with Gasteiger partial charge in [-0.25, -0.2) is 0 Å². The van der Waals surface area contributed by atoms with Crippen molar-refractivity contribution in [3.8, 4) is 0 Å². The third-order valence-corrected chi connectivity index (χ3v) is 6.09. The van der Waals surface area contributed by atoms with Crippen molar-refractivity contribution in [2.75, 3.05) is 38.2 Å². The quantitative estimate of drug-likeness (QED) is 0.541. The third-order valence-electron chi connectivity index (χ3n) is 6.09. The number of aromatic nitrogens is 1. The van der Waals surface area contributed by atoms with Gasteiger partial charge >= 0.3 is 0 Å². The molecule has 3 aromatic rings. The molecule has 32 heavy (non-hydrogen) atoms. The van der Waals surface area contributed by atoms with Crippen LogP contribution in [0.15, 0.2) is 48.7 Å². The molecule has 1 aromatic heterocycles. The van der Waals surface area contributed by atoms with E-state index in [2.05, 4.69) is 27.0 Å². The summed E-state index contributed by atoms with van der Waals surface area (Å²) in [6.45, 7) is 9.42. The van der Waals surface area contributed by atoms with Crippen molar-refractivity contribution in [3.05, 3.63) is 65.4 Å². The summed E-state index contributed by atoms with van der Waals surface area (Å²) in [5.74, 6) is -0.135. The lowest BCUT2D eigenvalue weighted by Gasteiger charge is -2.26. The predicted octanol–water partition coefficient (Wildman–Crippen LogP) is 4.19. The Morgan fingerprint density at radius 3 is 2.59 bits per heavy atom. The molecule has 1 aliphatic heterocycles. The molecule has 4 rings (SSSR count). The molecule has 0 radical (unpaired) electrons. The van der Waals surface area contributed by atoms with Gasteiger partial charge in [0.15, 0.2) is 5.78 Å². The number of hydrogen-bond acceptors (Lipinski definition) is 4. The summed E-state index contributed by atoms with van der Waals surface area (Å²) in [5, 5.41) is 4.03. The first-order chi connectivity index (χ1) is 15.5. The summed E-state index contributed by atoms with van der Waals surface area (Å²) in [6.07, 6.45) is 2.47. The zero-order chi connectivity index (χ0) is 22.5. The van der Waals surface area contributed by atoms with Crippen LogP contribution < -0.4 is 5.32 Å². The van der Waals surface area contributed by atoms with E-state index in [0.29, 0.717) is 5.56 Å². The highest BCUT2D eigenvalue weighted by Crippen LogP contribution is 2.21. The number of anilines is 1. The molecule has 1 N–H and O–H groups in total. The van der Waals surface area contributed by atoms with Gasteiger partial charge in [-0.3, -0.25) is 14.5 Å². The highest BCUT2D eigenvalue weighted by molar-refractivity contribution is 6.01. The maximum absolute atomic E-state index is 12.5. The highest BCUT2D eigenvalue weighted by Gasteiger charge is 2.13. The summed E-state index contributed by atoms with van der Waals surface area (Å²) in [7, 11) is 0. The van der Waals surface area contributed by atoms with Crippen LogP contribution in [0.1, 0.15) is 34.3 Å². The van der Waals surface area contributed by atoms with E-state index in [0.717, 1.165) is 67.1 Å². The van der Waals surface area contributed by atoms with E-state index in [1.165, 1.54) is 0 Å². The Labute approximate surface area is 189 Å². The average molecular weight is 434 g/mol. The predicted molar refractivity (Wildman–Crippen MR) is 127 cm³/mol. The minimum atomic E-state index is -0.144. The number of fused-ring (bicyclic) bond motifs is 1. The van der Waals surface area contributed by atoms with E-state index in [1.807, 2.05) is 50.2 Å². The van der Waals surface area contributed by atoms with Crippen LogP contribution in [-0.4, -0.2) is 54.0 Å². The van der Waals surface area contributed by atoms with Crippen LogP contribution in [0.5, 0.6) is 0 Å². The van der Waals surface area contributed by atoms with Crippen LogP contribution in [0, 0.1) is 13.8 Å². The maximum atomic E-state index is 12.5. The van der Waals surface area contributed by atoms with E-state index >= 15 is 0 Å². The summed E-state index contributed by atoms with van der Waals surface area (Å²) in [6, 6.07) is 13.9. The van der Waals surface area contributed by atoms with E-state index in [4.69, 9.17) is 4.74 Å². The Morgan fingerprint density at radius 1 is 0.969 bits per heavy atom. The Morgan fingerprint density at radius 2 is 1.78 bits per heavy atom. The SMILES string of the molecule is Cc1ccc(C)c(C(=O)CCC(=O)Nc2ccc3c(ccn3CCN3CCOCC3)c2)c1. The molecule has 0 aliphatic carbocycles. The smallest absolute Gasteiger partial charge is 0.224 e. The molecule has 0 atom stereocenters. The van der Waals surface area contributed by atoms with Crippen LogP contribution >= 0.6 is 0 Å². The molecule has 1 saturated heterocycles. The topological polar surface area (TPSA) is 63.6 Å². The van der Waals surface area contributed by atoms with Gasteiger partial charge in [0.25, 0.3) is 0 Å². The Hall–Kier alpha value is -2.96. The molecule has 1 aliphatic rings. The number of morpholine rings is 1. The standard InChI is InChI=1S/C26H31N3O3/c1-19-3-4-20(2)23(17-19)25(30)7-8-26(31)27-22-5-6-24-21(18-22)9-10-29(24)12-11-28-13-15-32-16-14-28/h3-6,9-10,17-18H,7-8,11-16H2,1-2H3,(H,27,31). The van der Waals surface area contributed by atoms with E-state index < -0.39 is 0 Å². The van der Waals surface area contributed by atoms with Crippen molar-refractivity contribution in [2.45, 2.75) is 33.2 Å². The number of benzene rings is 2. The molecule has 6 heteroatoms. The second kappa shape index (κ2) is 10.1. The zero-order valence-corrected chi connectivity index (χ0v) is 18.9. The molecule has 0 spiro atoms. The fraction of sp³-hybridized carbons (Fsp3) is 0.385. The van der Waals surface area contributed by atoms with Crippen LogP contribution in [0.4, 0.5) is 5.69 Å². The third kappa shape index (κ3) is 5.44. The first-order valence-electron chi connectivity index (χ1n) is 11.3. The molecule has 1 fully saturated rings. The fourth-order valence-corrected chi connectivity index (χ4v) is 4.17. The van der Waals surface area contributed by atoms with Crippen molar-refractivity contribution in [1.29, 1.82) is 0 Å². The number of nitrogens with one attached hydrogen (secondary N) is 1. The lowest BCUT2D eigenvalue weighted by molar-refractivity contribution is -0.116. The lowest BCUT2D eigenvalue weighted by Crippen LogP contribution is -2.38. The molecule has 0 bridgehead atoms. The first kappa shape index (κ1) is 22.2. The molecular weight excluding hydrogens is 402 g/mol. The van der Waals surface area contributed by atoms with Gasteiger partial charge in [-0.15, -0.1) is 0 Å². The molecule has 0 unspecified atom stereocenters. The minimum Gasteiger partial charge on any atom is -0.379 e. The Balaban J connectivity index is 1.32. The van der Waals surface area contributed by atoms with Gasteiger partial charge in [0.05, 0.1) is 13.2 Å². The normalized spacial score (nSPS) is 14.6. The molecule has 2 heterocycles. The van der Waals surface area contributed by atoms with Gasteiger partial charge < -0.3 is 14.6 Å². The van der Waals surface area contributed by atoms with E-state index in [-0.39, 0.29) is 24.5 Å². The molecule has 168 valence electrons. The number of hydrogen-bond donors (Lipinski definition) is 1. The highest BCUT2D eigenvalue weighted by atomic mass is 16.5. The number of ether oxygens (including phenoxy) is 1. The second-order valence-corrected chi connectivity index (χ2v) is 8.53. The second-order valence-electron chi connectivity index (χ2n) is 8.53.